The number of ether oxygens (including phenoxy) is 1. The first-order chi connectivity index (χ1) is 12.1. The molecule has 1 aliphatic rings. The van der Waals surface area contributed by atoms with Crippen molar-refractivity contribution in [1.29, 1.82) is 0 Å². The first-order valence-electron chi connectivity index (χ1n) is 10.5. The van der Waals surface area contributed by atoms with Gasteiger partial charge in [0.25, 0.3) is 0 Å². The molecule has 0 aliphatic heterocycles. The van der Waals surface area contributed by atoms with Crippen molar-refractivity contribution >= 4 is 0 Å². The van der Waals surface area contributed by atoms with Crippen LogP contribution < -0.4 is 4.74 Å². The molecule has 1 aromatic rings. The van der Waals surface area contributed by atoms with Gasteiger partial charge >= 0.3 is 0 Å². The van der Waals surface area contributed by atoms with Gasteiger partial charge in [-0.2, -0.15) is 0 Å². The van der Waals surface area contributed by atoms with E-state index in [1.165, 1.54) is 5.56 Å². The molecule has 152 valence electrons. The number of hydrogen-bond acceptors (Lipinski definition) is 2. The van der Waals surface area contributed by atoms with E-state index in [1.807, 2.05) is 69.2 Å². The summed E-state index contributed by atoms with van der Waals surface area (Å²) in [4.78, 5) is 2.27. The second kappa shape index (κ2) is 25.2. The van der Waals surface area contributed by atoms with Crippen LogP contribution in [0.2, 0.25) is 0 Å². The fraction of sp³-hybridized carbons (Fsp3) is 0.739. The molecule has 1 aliphatic carbocycles. The largest absolute Gasteiger partial charge is 0.490 e. The van der Waals surface area contributed by atoms with Gasteiger partial charge in [-0.05, 0) is 46.0 Å². The number of benzene rings is 1. The quantitative estimate of drug-likeness (QED) is 0.553. The second-order valence-corrected chi connectivity index (χ2v) is 4.64. The Morgan fingerprint density at radius 3 is 1.40 bits per heavy atom. The Bertz CT molecular complexity index is 313. The van der Waals surface area contributed by atoms with Gasteiger partial charge in [0.1, 0.15) is 11.9 Å². The van der Waals surface area contributed by atoms with E-state index >= 15 is 0 Å². The topological polar surface area (TPSA) is 12.5 Å². The lowest BCUT2D eigenvalue weighted by molar-refractivity contribution is 0.0401. The third-order valence-electron chi connectivity index (χ3n) is 3.12. The van der Waals surface area contributed by atoms with Crippen LogP contribution in [-0.2, 0) is 0 Å². The minimum atomic E-state index is 0.417. The highest BCUT2D eigenvalue weighted by Gasteiger charge is 2.32. The third-order valence-corrected chi connectivity index (χ3v) is 3.12. The van der Waals surface area contributed by atoms with E-state index in [-0.39, 0.29) is 0 Å². The molecule has 2 rings (SSSR count). The summed E-state index contributed by atoms with van der Waals surface area (Å²) in [6.45, 7) is 22.1. The Labute approximate surface area is 161 Å². The Morgan fingerprint density at radius 2 is 1.08 bits per heavy atom. The van der Waals surface area contributed by atoms with E-state index in [1.54, 1.807) is 0 Å². The fourth-order valence-electron chi connectivity index (χ4n) is 1.87. The summed E-state index contributed by atoms with van der Waals surface area (Å²) in [5.74, 6) is 1.00. The number of hydrogen-bond donors (Lipinski definition) is 0. The van der Waals surface area contributed by atoms with Crippen LogP contribution in [-0.4, -0.2) is 31.1 Å². The Morgan fingerprint density at radius 1 is 0.720 bits per heavy atom. The molecule has 0 unspecified atom stereocenters. The Balaban J connectivity index is -0.000000191. The highest BCUT2D eigenvalue weighted by Crippen LogP contribution is 2.28. The van der Waals surface area contributed by atoms with Crippen molar-refractivity contribution in [3.05, 3.63) is 29.8 Å². The predicted molar refractivity (Wildman–Crippen MR) is 119 cm³/mol. The molecule has 25 heavy (non-hydrogen) atoms. The maximum atomic E-state index is 5.86. The highest BCUT2D eigenvalue weighted by molar-refractivity contribution is 5.26. The molecular weight excluding hydrogens is 306 g/mol. The summed E-state index contributed by atoms with van der Waals surface area (Å²) in [7, 11) is 4.26. The molecule has 0 N–H and O–H groups in total. The van der Waals surface area contributed by atoms with Crippen LogP contribution in [0.15, 0.2) is 24.3 Å². The molecule has 0 amide bonds. The van der Waals surface area contributed by atoms with Crippen molar-refractivity contribution in [2.45, 2.75) is 101 Å². The molecule has 1 fully saturated rings. The van der Waals surface area contributed by atoms with E-state index in [4.69, 9.17) is 4.74 Å². The lowest BCUT2D eigenvalue weighted by Crippen LogP contribution is -2.46. The average Bonchev–Trinajstić information content (AvgIpc) is 2.67. The molecular formula is C23H49NO. The van der Waals surface area contributed by atoms with Crippen LogP contribution in [0.1, 0.15) is 87.6 Å². The first kappa shape index (κ1) is 31.7. The van der Waals surface area contributed by atoms with Gasteiger partial charge < -0.3 is 9.64 Å². The van der Waals surface area contributed by atoms with Gasteiger partial charge in [0.05, 0.1) is 0 Å². The minimum Gasteiger partial charge on any atom is -0.490 e. The summed E-state index contributed by atoms with van der Waals surface area (Å²) in [5, 5.41) is 0. The Kier molecular flexibility index (Phi) is 32.0. The Hall–Kier alpha value is -1.02. The predicted octanol–water partition coefficient (Wildman–Crippen LogP) is 7.60. The standard InChI is InChI=1S/C13H19NO.5C2H6/c1-10-4-6-12(7-5-10)15-13-8-11(9-13)14(2)3;5*1-2/h4-7,11,13H,8-9H2,1-3H3;5*1-2H3. The molecule has 0 bridgehead atoms. The van der Waals surface area contributed by atoms with Crippen molar-refractivity contribution in [2.75, 3.05) is 14.1 Å². The van der Waals surface area contributed by atoms with Crippen molar-refractivity contribution < 1.29 is 4.74 Å². The molecule has 1 saturated carbocycles. The zero-order chi connectivity index (χ0) is 20.8. The molecule has 0 saturated heterocycles. The van der Waals surface area contributed by atoms with Gasteiger partial charge in [-0.15, -0.1) is 0 Å². The zero-order valence-corrected chi connectivity index (χ0v) is 19.7. The molecule has 1 aromatic carbocycles. The van der Waals surface area contributed by atoms with E-state index < -0.39 is 0 Å². The van der Waals surface area contributed by atoms with Crippen LogP contribution in [0.4, 0.5) is 0 Å². The van der Waals surface area contributed by atoms with E-state index in [2.05, 4.69) is 50.2 Å². The molecule has 0 spiro atoms. The van der Waals surface area contributed by atoms with Crippen molar-refractivity contribution in [2.24, 2.45) is 0 Å². The maximum absolute atomic E-state index is 5.86. The first-order valence-corrected chi connectivity index (χ1v) is 10.5. The van der Waals surface area contributed by atoms with E-state index in [0.29, 0.717) is 12.1 Å². The molecule has 0 radical (unpaired) electrons. The third kappa shape index (κ3) is 16.2. The van der Waals surface area contributed by atoms with Crippen molar-refractivity contribution in [3.8, 4) is 5.75 Å². The number of nitrogens with zero attached hydrogens (tertiary/aromatic N) is 1. The molecule has 2 nitrogen and oxygen atoms in total. The van der Waals surface area contributed by atoms with E-state index in [9.17, 15) is 0 Å². The summed E-state index contributed by atoms with van der Waals surface area (Å²) >= 11 is 0. The van der Waals surface area contributed by atoms with Crippen molar-refractivity contribution in [3.63, 3.8) is 0 Å². The second-order valence-electron chi connectivity index (χ2n) is 4.64. The number of rotatable bonds is 3. The van der Waals surface area contributed by atoms with Gasteiger partial charge in [-0.3, -0.25) is 0 Å². The summed E-state index contributed by atoms with van der Waals surface area (Å²) in [6, 6.07) is 9.01. The van der Waals surface area contributed by atoms with Crippen LogP contribution in [0, 0.1) is 6.92 Å². The summed E-state index contributed by atoms with van der Waals surface area (Å²) in [6.07, 6.45) is 2.72. The zero-order valence-electron chi connectivity index (χ0n) is 19.7. The highest BCUT2D eigenvalue weighted by atomic mass is 16.5. The minimum absolute atomic E-state index is 0.417. The van der Waals surface area contributed by atoms with Crippen molar-refractivity contribution in [1.82, 2.24) is 4.90 Å². The van der Waals surface area contributed by atoms with Crippen LogP contribution in [0.3, 0.4) is 0 Å². The molecule has 0 heterocycles. The maximum Gasteiger partial charge on any atom is 0.119 e. The lowest BCUT2D eigenvalue weighted by Gasteiger charge is -2.39. The lowest BCUT2D eigenvalue weighted by atomic mass is 9.88. The monoisotopic (exact) mass is 355 g/mol. The van der Waals surface area contributed by atoms with E-state index in [0.717, 1.165) is 18.6 Å². The number of aryl methyl sites for hydroxylation is 1. The molecule has 2 heteroatoms. The van der Waals surface area contributed by atoms with Gasteiger partial charge in [0.2, 0.25) is 0 Å². The van der Waals surface area contributed by atoms with Crippen LogP contribution in [0.5, 0.6) is 5.75 Å². The van der Waals surface area contributed by atoms with Crippen LogP contribution in [0.25, 0.3) is 0 Å². The summed E-state index contributed by atoms with van der Waals surface area (Å²) in [5.41, 5.74) is 1.28. The van der Waals surface area contributed by atoms with Gasteiger partial charge in [0, 0.05) is 6.04 Å². The average molecular weight is 356 g/mol. The van der Waals surface area contributed by atoms with Gasteiger partial charge in [0.15, 0.2) is 0 Å². The molecule has 0 atom stereocenters. The summed E-state index contributed by atoms with van der Waals surface area (Å²) < 4.78 is 5.86. The fourth-order valence-corrected chi connectivity index (χ4v) is 1.87. The smallest absolute Gasteiger partial charge is 0.119 e. The molecule has 0 aromatic heterocycles. The van der Waals surface area contributed by atoms with Gasteiger partial charge in [-0.1, -0.05) is 86.9 Å². The normalized spacial score (nSPS) is 16.2. The van der Waals surface area contributed by atoms with Crippen LogP contribution >= 0.6 is 0 Å². The SMILES string of the molecule is CC.CC.CC.CC.CC.Cc1ccc(OC2CC(N(C)C)C2)cc1. The van der Waals surface area contributed by atoms with Gasteiger partial charge in [-0.25, -0.2) is 0 Å².